The predicted octanol–water partition coefficient (Wildman–Crippen LogP) is 7.56. The van der Waals surface area contributed by atoms with Crippen LogP contribution < -0.4 is 0 Å². The van der Waals surface area contributed by atoms with Gasteiger partial charge >= 0.3 is 8.25 Å². The zero-order valence-corrected chi connectivity index (χ0v) is 20.6. The van der Waals surface area contributed by atoms with Crippen molar-refractivity contribution in [2.45, 2.75) is 105 Å². The van der Waals surface area contributed by atoms with E-state index in [1.165, 1.54) is 100 Å². The van der Waals surface area contributed by atoms with Crippen molar-refractivity contribution >= 4 is 31.8 Å². The van der Waals surface area contributed by atoms with Crippen LogP contribution in [-0.2, 0) is 4.57 Å². The van der Waals surface area contributed by atoms with Gasteiger partial charge in [-0.15, -0.1) is 0 Å². The lowest BCUT2D eigenvalue weighted by Crippen LogP contribution is -1.82. The van der Waals surface area contributed by atoms with Gasteiger partial charge in [-0.1, -0.05) is 91.9 Å². The highest BCUT2D eigenvalue weighted by atomic mass is 32.2. The van der Waals surface area contributed by atoms with E-state index in [1.807, 2.05) is 0 Å². The van der Waals surface area contributed by atoms with Crippen LogP contribution in [0.3, 0.4) is 0 Å². The molecule has 0 aliphatic carbocycles. The average molecular weight is 431 g/mol. The van der Waals surface area contributed by atoms with Crippen LogP contribution in [0.25, 0.3) is 0 Å². The molecule has 0 saturated carbocycles. The van der Waals surface area contributed by atoms with Crippen molar-refractivity contribution in [1.82, 2.24) is 0 Å². The Bertz CT molecular complexity index is 207. The maximum Gasteiger partial charge on any atom is 0.314 e. The second kappa shape index (κ2) is 33.4. The van der Waals surface area contributed by atoms with Crippen molar-refractivity contribution in [2.24, 2.45) is 0 Å². The van der Waals surface area contributed by atoms with Crippen LogP contribution in [-0.4, -0.2) is 32.8 Å². The first-order chi connectivity index (χ1) is 12.6. The van der Waals surface area contributed by atoms with Gasteiger partial charge in [0.2, 0.25) is 0 Å². The van der Waals surface area contributed by atoms with Gasteiger partial charge in [-0.3, -0.25) is 4.57 Å². The zero-order valence-electron chi connectivity index (χ0n) is 17.9. The summed E-state index contributed by atoms with van der Waals surface area (Å²) in [7, 11) is -3.13. The molecule has 0 fully saturated rings. The first kappa shape index (κ1) is 31.5. The number of hydrogen-bond acceptors (Lipinski definition) is 3. The van der Waals surface area contributed by atoms with Crippen LogP contribution in [0.4, 0.5) is 0 Å². The molecule has 0 rings (SSSR count). The Morgan fingerprint density at radius 3 is 1.12 bits per heavy atom. The molecule has 0 spiro atoms. The van der Waals surface area contributed by atoms with Crippen molar-refractivity contribution in [2.75, 3.05) is 23.0 Å². The molecule has 0 aromatic heterocycles. The molecule has 0 aliphatic rings. The van der Waals surface area contributed by atoms with E-state index in [2.05, 4.69) is 51.2 Å². The Morgan fingerprint density at radius 2 is 0.846 bits per heavy atom. The van der Waals surface area contributed by atoms with E-state index in [-0.39, 0.29) is 0 Å². The number of thioether (sulfide) groups is 2. The molecule has 0 heterocycles. The molecule has 0 aromatic carbocycles. The lowest BCUT2D eigenvalue weighted by Gasteiger charge is -1.99. The van der Waals surface area contributed by atoms with Crippen LogP contribution in [0, 0.1) is 0 Å². The summed E-state index contributed by atoms with van der Waals surface area (Å²) in [6.45, 7) is 9.02. The average Bonchev–Trinajstić information content (AvgIpc) is 2.60. The van der Waals surface area contributed by atoms with Gasteiger partial charge in [0.15, 0.2) is 0 Å². The summed E-state index contributed by atoms with van der Waals surface area (Å²) < 4.78 is 8.74. The molecule has 26 heavy (non-hydrogen) atoms. The molecule has 0 amide bonds. The van der Waals surface area contributed by atoms with Gasteiger partial charge in [0.05, 0.1) is 0 Å². The van der Waals surface area contributed by atoms with Gasteiger partial charge in [0.25, 0.3) is 0 Å². The normalized spacial score (nSPS) is 10.1. The van der Waals surface area contributed by atoms with Crippen molar-refractivity contribution in [3.63, 3.8) is 0 Å². The maximum absolute atomic E-state index is 8.74. The second-order valence-electron chi connectivity index (χ2n) is 6.21. The van der Waals surface area contributed by atoms with E-state index >= 15 is 0 Å². The Hall–Kier alpha value is 0.850. The fourth-order valence-corrected chi connectivity index (χ4v) is 3.65. The summed E-state index contributed by atoms with van der Waals surface area (Å²) in [6, 6.07) is 0. The van der Waals surface area contributed by atoms with E-state index in [0.717, 1.165) is 0 Å². The minimum atomic E-state index is -3.13. The summed E-state index contributed by atoms with van der Waals surface area (Å²) in [5.41, 5.74) is 0. The first-order valence-corrected chi connectivity index (χ1v) is 14.2. The Balaban J connectivity index is -0.000000338. The summed E-state index contributed by atoms with van der Waals surface area (Å²) in [6.07, 6.45) is 17.2. The predicted molar refractivity (Wildman–Crippen MR) is 126 cm³/mol. The SMILES string of the molecule is CCCCCCCCSCC.CCCCCCCCSCC.O=[PH](O)O. The summed E-state index contributed by atoms with van der Waals surface area (Å²) in [5.74, 6) is 5.33. The summed E-state index contributed by atoms with van der Waals surface area (Å²) in [4.78, 5) is 14.3. The number of unbranched alkanes of at least 4 members (excludes halogenated alkanes) is 10. The van der Waals surface area contributed by atoms with Crippen molar-refractivity contribution in [3.05, 3.63) is 0 Å². The molecule has 0 atom stereocenters. The smallest absolute Gasteiger partial charge is 0.314 e. The molecule has 0 bridgehead atoms. The lowest BCUT2D eigenvalue weighted by molar-refractivity contribution is 0.405. The maximum atomic E-state index is 8.74. The van der Waals surface area contributed by atoms with Crippen molar-refractivity contribution < 1.29 is 14.4 Å². The Labute approximate surface area is 173 Å². The van der Waals surface area contributed by atoms with E-state index in [1.54, 1.807) is 0 Å². The van der Waals surface area contributed by atoms with E-state index in [9.17, 15) is 0 Å². The molecule has 0 saturated heterocycles. The number of hydrogen-bond donors (Lipinski definition) is 2. The second-order valence-corrected chi connectivity index (χ2v) is 9.56. The molecule has 0 aromatic rings. The van der Waals surface area contributed by atoms with Gasteiger partial charge in [-0.05, 0) is 35.9 Å². The zero-order chi connectivity index (χ0) is 20.3. The van der Waals surface area contributed by atoms with Gasteiger partial charge in [-0.2, -0.15) is 23.5 Å². The van der Waals surface area contributed by atoms with Crippen LogP contribution in [0.15, 0.2) is 0 Å². The molecule has 6 heteroatoms. The van der Waals surface area contributed by atoms with E-state index < -0.39 is 8.25 Å². The quantitative estimate of drug-likeness (QED) is 0.195. The minimum absolute atomic E-state index is 1.29. The van der Waals surface area contributed by atoms with Gasteiger partial charge in [-0.25, -0.2) is 0 Å². The van der Waals surface area contributed by atoms with Gasteiger partial charge < -0.3 is 9.79 Å². The van der Waals surface area contributed by atoms with E-state index in [0.29, 0.717) is 0 Å². The highest BCUT2D eigenvalue weighted by Gasteiger charge is 1.90. The third kappa shape index (κ3) is 49.8. The fourth-order valence-electron chi connectivity index (χ4n) is 2.26. The van der Waals surface area contributed by atoms with Crippen LogP contribution in [0.1, 0.15) is 105 Å². The van der Waals surface area contributed by atoms with Crippen molar-refractivity contribution in [3.8, 4) is 0 Å². The van der Waals surface area contributed by atoms with Crippen LogP contribution >= 0.6 is 31.8 Å². The summed E-state index contributed by atoms with van der Waals surface area (Å²) in [5, 5.41) is 0. The monoisotopic (exact) mass is 430 g/mol. The fraction of sp³-hybridized carbons (Fsp3) is 1.00. The first-order valence-electron chi connectivity index (χ1n) is 10.6. The molecule has 2 N–H and O–H groups in total. The molecule has 0 aliphatic heterocycles. The van der Waals surface area contributed by atoms with Crippen molar-refractivity contribution in [1.29, 1.82) is 0 Å². The Morgan fingerprint density at radius 1 is 0.577 bits per heavy atom. The molecule has 0 unspecified atom stereocenters. The lowest BCUT2D eigenvalue weighted by atomic mass is 10.1. The standard InChI is InChI=1S/2C10H22S.H3O3P/c2*1-3-5-6-7-8-9-10-11-4-2;1-4(2)3/h2*3-10H2,1-2H3;4H,(H2,1,2,3). The topological polar surface area (TPSA) is 57.5 Å². The van der Waals surface area contributed by atoms with E-state index in [4.69, 9.17) is 14.4 Å². The molecule has 162 valence electrons. The molecule has 0 radical (unpaired) electrons. The third-order valence-electron chi connectivity index (χ3n) is 3.69. The highest BCUT2D eigenvalue weighted by molar-refractivity contribution is 7.99. The van der Waals surface area contributed by atoms with Gasteiger partial charge in [0, 0.05) is 0 Å². The molecule has 3 nitrogen and oxygen atoms in total. The van der Waals surface area contributed by atoms with Crippen LogP contribution in [0.2, 0.25) is 0 Å². The summed E-state index contributed by atoms with van der Waals surface area (Å²) >= 11 is 4.14. The molecular formula is C20H47O3PS2. The largest absolute Gasteiger partial charge is 0.326 e. The van der Waals surface area contributed by atoms with Gasteiger partial charge in [0.1, 0.15) is 0 Å². The third-order valence-corrected chi connectivity index (χ3v) is 5.66. The molecular weight excluding hydrogens is 383 g/mol. The Kier molecular flexibility index (Phi) is 40.6. The number of rotatable bonds is 16. The van der Waals surface area contributed by atoms with Crippen LogP contribution in [0.5, 0.6) is 0 Å². The minimum Gasteiger partial charge on any atom is -0.326 e. The highest BCUT2D eigenvalue weighted by Crippen LogP contribution is 2.09.